The van der Waals surface area contributed by atoms with Crippen LogP contribution in [0.4, 0.5) is 0 Å². The maximum absolute atomic E-state index is 5.84. The van der Waals surface area contributed by atoms with Crippen molar-refractivity contribution in [3.05, 3.63) is 16.1 Å². The van der Waals surface area contributed by atoms with E-state index in [1.807, 2.05) is 6.20 Å². The molecule has 1 aromatic heterocycles. The number of nitrogens with one attached hydrogen (secondary N) is 1. The molecule has 1 aromatic rings. The highest BCUT2D eigenvalue weighted by atomic mass is 32.1. The summed E-state index contributed by atoms with van der Waals surface area (Å²) in [6.07, 6.45) is 5.66. The number of nitrogens with two attached hydrogens (primary N) is 1. The van der Waals surface area contributed by atoms with Crippen LogP contribution < -0.4 is 11.1 Å². The van der Waals surface area contributed by atoms with E-state index in [9.17, 15) is 0 Å². The number of thiazole rings is 1. The zero-order chi connectivity index (χ0) is 12.3. The molecule has 94 valence electrons. The zero-order valence-corrected chi connectivity index (χ0v) is 11.3. The lowest BCUT2D eigenvalue weighted by Gasteiger charge is -2.26. The average molecular weight is 252 g/mol. The van der Waals surface area contributed by atoms with Crippen LogP contribution in [-0.2, 0) is 0 Å². The van der Waals surface area contributed by atoms with E-state index in [0.29, 0.717) is 24.5 Å². The first kappa shape index (κ1) is 12.4. The molecule has 5 heteroatoms. The van der Waals surface area contributed by atoms with Gasteiger partial charge in [-0.2, -0.15) is 0 Å². The summed E-state index contributed by atoms with van der Waals surface area (Å²) in [5.74, 6) is 0.922. The molecule has 4 nitrogen and oxygen atoms in total. The number of hydrogen-bond donors (Lipinski definition) is 2. The van der Waals surface area contributed by atoms with Gasteiger partial charge in [-0.05, 0) is 26.2 Å². The average Bonchev–Trinajstić information content (AvgIpc) is 2.67. The molecular weight excluding hydrogens is 232 g/mol. The van der Waals surface area contributed by atoms with Gasteiger partial charge in [0.2, 0.25) is 0 Å². The summed E-state index contributed by atoms with van der Waals surface area (Å²) in [4.78, 5) is 10.00. The molecule has 1 fully saturated rings. The Balaban J connectivity index is 1.81. The molecule has 0 saturated heterocycles. The molecule has 0 radical (unpaired) electrons. The Labute approximate surface area is 106 Å². The number of hydrogen-bond acceptors (Lipinski definition) is 3. The number of guanidine groups is 1. The maximum Gasteiger partial charge on any atom is 0.188 e. The first-order chi connectivity index (χ1) is 8.15. The third-order valence-electron chi connectivity index (χ3n) is 3.05. The van der Waals surface area contributed by atoms with Crippen molar-refractivity contribution < 1.29 is 0 Å². The van der Waals surface area contributed by atoms with Crippen molar-refractivity contribution in [3.63, 3.8) is 0 Å². The van der Waals surface area contributed by atoms with Crippen LogP contribution >= 0.6 is 11.3 Å². The van der Waals surface area contributed by atoms with Crippen LogP contribution in [0.2, 0.25) is 0 Å². The van der Waals surface area contributed by atoms with Crippen LogP contribution in [0.1, 0.15) is 42.0 Å². The van der Waals surface area contributed by atoms with Gasteiger partial charge in [0.15, 0.2) is 5.96 Å². The highest BCUT2D eigenvalue weighted by Crippen LogP contribution is 2.21. The Morgan fingerprint density at radius 1 is 1.71 bits per heavy atom. The maximum atomic E-state index is 5.84. The van der Waals surface area contributed by atoms with Gasteiger partial charge >= 0.3 is 0 Å². The van der Waals surface area contributed by atoms with Crippen molar-refractivity contribution >= 4 is 17.3 Å². The fourth-order valence-corrected chi connectivity index (χ4v) is 2.54. The standard InChI is InChI=1S/C12H20N4S/c1-8(11-14-7-9(2)17-11)6-15-12(13)16-10-4-3-5-10/h7-8,10H,3-6H2,1-2H3,(H3,13,15,16). The van der Waals surface area contributed by atoms with E-state index < -0.39 is 0 Å². The smallest absolute Gasteiger partial charge is 0.188 e. The van der Waals surface area contributed by atoms with Gasteiger partial charge in [-0.25, -0.2) is 4.98 Å². The summed E-state index contributed by atoms with van der Waals surface area (Å²) < 4.78 is 0. The molecule has 1 saturated carbocycles. The van der Waals surface area contributed by atoms with Gasteiger partial charge in [0.05, 0.1) is 11.6 Å². The summed E-state index contributed by atoms with van der Waals surface area (Å²) in [6, 6.07) is 0.552. The molecule has 0 spiro atoms. The molecule has 0 aliphatic heterocycles. The Morgan fingerprint density at radius 3 is 3.00 bits per heavy atom. The predicted molar refractivity (Wildman–Crippen MR) is 72.5 cm³/mol. The number of aryl methyl sites for hydroxylation is 1. The number of nitrogens with zero attached hydrogens (tertiary/aromatic N) is 2. The van der Waals surface area contributed by atoms with E-state index in [0.717, 1.165) is 5.01 Å². The lowest BCUT2D eigenvalue weighted by atomic mass is 9.93. The molecule has 0 aromatic carbocycles. The Kier molecular flexibility index (Phi) is 3.99. The second-order valence-electron chi connectivity index (χ2n) is 4.71. The van der Waals surface area contributed by atoms with Gasteiger partial charge in [-0.15, -0.1) is 11.3 Å². The van der Waals surface area contributed by atoms with E-state index in [-0.39, 0.29) is 0 Å². The third-order valence-corrected chi connectivity index (χ3v) is 4.20. The molecule has 17 heavy (non-hydrogen) atoms. The van der Waals surface area contributed by atoms with Gasteiger partial charge in [0.1, 0.15) is 0 Å². The second kappa shape index (κ2) is 5.49. The van der Waals surface area contributed by atoms with Crippen LogP contribution in [0, 0.1) is 6.92 Å². The largest absolute Gasteiger partial charge is 0.370 e. The minimum atomic E-state index is 0.343. The lowest BCUT2D eigenvalue weighted by molar-refractivity contribution is 0.382. The molecule has 3 N–H and O–H groups in total. The fraction of sp³-hybridized carbons (Fsp3) is 0.667. The van der Waals surface area contributed by atoms with Crippen molar-refractivity contribution in [2.24, 2.45) is 10.7 Å². The normalized spacial score (nSPS) is 18.8. The first-order valence-electron chi connectivity index (χ1n) is 6.14. The van der Waals surface area contributed by atoms with Gasteiger partial charge in [0.25, 0.3) is 0 Å². The SMILES string of the molecule is Cc1cnc(C(C)CN=C(N)NC2CCC2)s1. The molecule has 1 heterocycles. The Hall–Kier alpha value is -1.10. The summed E-state index contributed by atoms with van der Waals surface area (Å²) in [5.41, 5.74) is 5.84. The van der Waals surface area contributed by atoms with Crippen LogP contribution in [0.25, 0.3) is 0 Å². The lowest BCUT2D eigenvalue weighted by Crippen LogP contribution is -2.43. The highest BCUT2D eigenvalue weighted by Gasteiger charge is 2.17. The molecule has 1 aliphatic carbocycles. The summed E-state index contributed by atoms with van der Waals surface area (Å²) in [7, 11) is 0. The minimum Gasteiger partial charge on any atom is -0.370 e. The quantitative estimate of drug-likeness (QED) is 0.636. The van der Waals surface area contributed by atoms with Crippen molar-refractivity contribution in [3.8, 4) is 0 Å². The van der Waals surface area contributed by atoms with Gasteiger partial charge in [-0.1, -0.05) is 6.92 Å². The van der Waals surface area contributed by atoms with Crippen LogP contribution in [0.15, 0.2) is 11.2 Å². The molecule has 0 bridgehead atoms. The first-order valence-corrected chi connectivity index (χ1v) is 6.95. The van der Waals surface area contributed by atoms with Crippen LogP contribution in [0.3, 0.4) is 0 Å². The van der Waals surface area contributed by atoms with Crippen molar-refractivity contribution in [2.75, 3.05) is 6.54 Å². The molecular formula is C12H20N4S. The van der Waals surface area contributed by atoms with Gasteiger partial charge in [0, 0.05) is 23.0 Å². The van der Waals surface area contributed by atoms with E-state index >= 15 is 0 Å². The molecule has 1 aliphatic rings. The van der Waals surface area contributed by atoms with Gasteiger partial charge < -0.3 is 11.1 Å². The summed E-state index contributed by atoms with van der Waals surface area (Å²) in [5, 5.41) is 4.38. The fourth-order valence-electron chi connectivity index (χ4n) is 1.72. The monoisotopic (exact) mass is 252 g/mol. The summed E-state index contributed by atoms with van der Waals surface area (Å²) in [6.45, 7) is 4.92. The number of aromatic nitrogens is 1. The van der Waals surface area contributed by atoms with Crippen LogP contribution in [0.5, 0.6) is 0 Å². The summed E-state index contributed by atoms with van der Waals surface area (Å²) >= 11 is 1.74. The minimum absolute atomic E-state index is 0.343. The van der Waals surface area contributed by atoms with E-state index in [1.54, 1.807) is 11.3 Å². The number of rotatable bonds is 4. The number of aliphatic imine (C=N–C) groups is 1. The Morgan fingerprint density at radius 2 is 2.47 bits per heavy atom. The molecule has 1 unspecified atom stereocenters. The third kappa shape index (κ3) is 3.43. The van der Waals surface area contributed by atoms with Crippen molar-refractivity contribution in [2.45, 2.75) is 45.1 Å². The Bertz CT molecular complexity index is 395. The molecule has 0 amide bonds. The second-order valence-corrected chi connectivity index (χ2v) is 5.97. The predicted octanol–water partition coefficient (Wildman–Crippen LogP) is 2.01. The zero-order valence-electron chi connectivity index (χ0n) is 10.4. The molecule has 1 atom stereocenters. The van der Waals surface area contributed by atoms with Crippen molar-refractivity contribution in [1.29, 1.82) is 0 Å². The van der Waals surface area contributed by atoms with E-state index in [1.165, 1.54) is 24.1 Å². The van der Waals surface area contributed by atoms with Crippen LogP contribution in [-0.4, -0.2) is 23.5 Å². The van der Waals surface area contributed by atoms with Gasteiger partial charge in [-0.3, -0.25) is 4.99 Å². The highest BCUT2D eigenvalue weighted by molar-refractivity contribution is 7.11. The van der Waals surface area contributed by atoms with E-state index in [2.05, 4.69) is 29.1 Å². The topological polar surface area (TPSA) is 63.3 Å². The van der Waals surface area contributed by atoms with Crippen molar-refractivity contribution in [1.82, 2.24) is 10.3 Å². The van der Waals surface area contributed by atoms with E-state index in [4.69, 9.17) is 5.73 Å². The molecule has 2 rings (SSSR count).